The average molecular weight is 254 g/mol. The Labute approximate surface area is 97.7 Å². The van der Waals surface area contributed by atoms with E-state index in [2.05, 4.69) is 0 Å². The molecule has 0 bridgehead atoms. The summed E-state index contributed by atoms with van der Waals surface area (Å²) in [6.45, 7) is -1.69. The predicted octanol–water partition coefficient (Wildman–Crippen LogP) is 0.951. The minimum absolute atomic E-state index is 0.126. The molecule has 1 fully saturated rings. The van der Waals surface area contributed by atoms with Crippen molar-refractivity contribution in [3.05, 3.63) is 0 Å². The van der Waals surface area contributed by atoms with E-state index in [4.69, 9.17) is 10.5 Å². The van der Waals surface area contributed by atoms with Crippen molar-refractivity contribution in [3.63, 3.8) is 0 Å². The van der Waals surface area contributed by atoms with Gasteiger partial charge in [-0.3, -0.25) is 4.79 Å². The maximum absolute atomic E-state index is 11.8. The molecular weight excluding hydrogens is 237 g/mol. The van der Waals surface area contributed by atoms with Crippen molar-refractivity contribution in [2.24, 2.45) is 5.73 Å². The number of hydrogen-bond donors (Lipinski definition) is 2. The Balaban J connectivity index is 2.19. The van der Waals surface area contributed by atoms with Crippen LogP contribution in [0, 0.1) is 0 Å². The smallest absolute Gasteiger partial charge is 0.367 e. The van der Waals surface area contributed by atoms with Crippen LogP contribution in [0.15, 0.2) is 0 Å². The molecule has 0 aromatic rings. The summed E-state index contributed by atoms with van der Waals surface area (Å²) in [4.78, 5) is 11.1. The molecule has 7 heteroatoms. The van der Waals surface area contributed by atoms with Gasteiger partial charge in [0.25, 0.3) is 0 Å². The lowest BCUT2D eigenvalue weighted by molar-refractivity contribution is -0.142. The highest BCUT2D eigenvalue weighted by molar-refractivity contribution is 5.77. The van der Waals surface area contributed by atoms with E-state index in [1.54, 1.807) is 5.32 Å². The second-order valence-corrected chi connectivity index (χ2v) is 4.19. The van der Waals surface area contributed by atoms with Crippen molar-refractivity contribution in [1.82, 2.24) is 5.32 Å². The molecule has 17 heavy (non-hydrogen) atoms. The van der Waals surface area contributed by atoms with Gasteiger partial charge in [0.1, 0.15) is 13.2 Å². The molecule has 0 spiro atoms. The summed E-state index contributed by atoms with van der Waals surface area (Å²) < 4.78 is 40.6. The Morgan fingerprint density at radius 1 is 1.35 bits per heavy atom. The zero-order chi connectivity index (χ0) is 12.9. The molecule has 1 aliphatic rings. The Hall–Kier alpha value is -0.820. The number of ether oxygens (including phenoxy) is 1. The number of hydrogen-bond acceptors (Lipinski definition) is 3. The molecule has 1 saturated carbocycles. The van der Waals surface area contributed by atoms with E-state index >= 15 is 0 Å². The van der Waals surface area contributed by atoms with Crippen LogP contribution in [0.4, 0.5) is 13.2 Å². The molecule has 1 aliphatic carbocycles. The minimum atomic E-state index is -4.39. The van der Waals surface area contributed by atoms with Gasteiger partial charge in [0.15, 0.2) is 0 Å². The Morgan fingerprint density at radius 2 is 2.00 bits per heavy atom. The Bertz CT molecular complexity index is 258. The fourth-order valence-corrected chi connectivity index (χ4v) is 1.77. The van der Waals surface area contributed by atoms with E-state index in [9.17, 15) is 18.0 Å². The SMILES string of the molecule is NC1CCCCC1OCC(=O)NCC(F)(F)F. The summed E-state index contributed by atoms with van der Waals surface area (Å²) in [6.07, 6.45) is -1.02. The van der Waals surface area contributed by atoms with E-state index in [1.807, 2.05) is 0 Å². The molecule has 2 atom stereocenters. The normalized spacial score (nSPS) is 25.6. The summed E-state index contributed by atoms with van der Waals surface area (Å²) in [7, 11) is 0. The molecule has 0 aromatic carbocycles. The molecule has 1 amide bonds. The highest BCUT2D eigenvalue weighted by Crippen LogP contribution is 2.19. The first-order valence-corrected chi connectivity index (χ1v) is 5.59. The third kappa shape index (κ3) is 5.88. The Kier molecular flexibility index (Phi) is 5.20. The summed E-state index contributed by atoms with van der Waals surface area (Å²) in [5.41, 5.74) is 5.77. The summed E-state index contributed by atoms with van der Waals surface area (Å²) in [5.74, 6) is -0.764. The number of rotatable bonds is 4. The molecule has 2 unspecified atom stereocenters. The van der Waals surface area contributed by atoms with Crippen LogP contribution < -0.4 is 11.1 Å². The van der Waals surface area contributed by atoms with Gasteiger partial charge in [-0.25, -0.2) is 0 Å². The van der Waals surface area contributed by atoms with Crippen molar-refractivity contribution in [2.75, 3.05) is 13.2 Å². The lowest BCUT2D eigenvalue weighted by Gasteiger charge is -2.28. The molecule has 100 valence electrons. The maximum atomic E-state index is 11.8. The first-order chi connectivity index (χ1) is 7.88. The summed E-state index contributed by atoms with van der Waals surface area (Å²) >= 11 is 0. The van der Waals surface area contributed by atoms with Crippen molar-refractivity contribution in [1.29, 1.82) is 0 Å². The molecule has 1 rings (SSSR count). The lowest BCUT2D eigenvalue weighted by Crippen LogP contribution is -2.42. The van der Waals surface area contributed by atoms with Gasteiger partial charge in [0.2, 0.25) is 5.91 Å². The van der Waals surface area contributed by atoms with Crippen molar-refractivity contribution >= 4 is 5.91 Å². The van der Waals surface area contributed by atoms with Crippen molar-refractivity contribution in [3.8, 4) is 0 Å². The highest BCUT2D eigenvalue weighted by Gasteiger charge is 2.28. The molecule has 0 saturated heterocycles. The first kappa shape index (κ1) is 14.2. The predicted molar refractivity (Wildman–Crippen MR) is 55.2 cm³/mol. The molecule has 0 heterocycles. The molecule has 0 radical (unpaired) electrons. The number of nitrogens with one attached hydrogen (secondary N) is 1. The van der Waals surface area contributed by atoms with Gasteiger partial charge >= 0.3 is 6.18 Å². The highest BCUT2D eigenvalue weighted by atomic mass is 19.4. The van der Waals surface area contributed by atoms with Crippen LogP contribution in [0.1, 0.15) is 25.7 Å². The average Bonchev–Trinajstić information content (AvgIpc) is 2.24. The van der Waals surface area contributed by atoms with Crippen molar-refractivity contribution in [2.45, 2.75) is 44.0 Å². The number of alkyl halides is 3. The second kappa shape index (κ2) is 6.20. The molecule has 0 aliphatic heterocycles. The molecule has 4 nitrogen and oxygen atoms in total. The van der Waals surface area contributed by atoms with Crippen LogP contribution in [0.2, 0.25) is 0 Å². The largest absolute Gasteiger partial charge is 0.405 e. The van der Waals surface area contributed by atoms with E-state index in [-0.39, 0.29) is 18.8 Å². The van der Waals surface area contributed by atoms with Gasteiger partial charge in [-0.15, -0.1) is 0 Å². The van der Waals surface area contributed by atoms with Gasteiger partial charge in [0, 0.05) is 6.04 Å². The zero-order valence-electron chi connectivity index (χ0n) is 9.43. The van der Waals surface area contributed by atoms with E-state index in [0.29, 0.717) is 0 Å². The van der Waals surface area contributed by atoms with Crippen LogP contribution in [0.5, 0.6) is 0 Å². The summed E-state index contributed by atoms with van der Waals surface area (Å²) in [5, 5.41) is 1.75. The van der Waals surface area contributed by atoms with Crippen molar-refractivity contribution < 1.29 is 22.7 Å². The van der Waals surface area contributed by atoms with Gasteiger partial charge in [0.05, 0.1) is 6.10 Å². The number of carbonyl (C=O) groups excluding carboxylic acids is 1. The molecule has 3 N–H and O–H groups in total. The standard InChI is InChI=1S/C10H17F3N2O2/c11-10(12,13)6-15-9(16)5-17-8-4-2-1-3-7(8)14/h7-8H,1-6,14H2,(H,15,16). The number of nitrogens with two attached hydrogens (primary N) is 1. The Morgan fingerprint density at radius 3 is 2.59 bits per heavy atom. The molecule has 0 aromatic heterocycles. The topological polar surface area (TPSA) is 64.3 Å². The van der Waals surface area contributed by atoms with Gasteiger partial charge in [-0.2, -0.15) is 13.2 Å². The van der Waals surface area contributed by atoms with Crippen LogP contribution >= 0.6 is 0 Å². The van der Waals surface area contributed by atoms with Gasteiger partial charge in [-0.05, 0) is 12.8 Å². The van der Waals surface area contributed by atoms with Crippen LogP contribution in [-0.2, 0) is 9.53 Å². The van der Waals surface area contributed by atoms with E-state index < -0.39 is 18.6 Å². The molecular formula is C10H17F3N2O2. The zero-order valence-corrected chi connectivity index (χ0v) is 9.43. The third-order valence-electron chi connectivity index (χ3n) is 2.67. The third-order valence-corrected chi connectivity index (χ3v) is 2.67. The number of carbonyl (C=O) groups is 1. The maximum Gasteiger partial charge on any atom is 0.405 e. The van der Waals surface area contributed by atoms with Gasteiger partial charge < -0.3 is 15.8 Å². The van der Waals surface area contributed by atoms with Crippen LogP contribution in [-0.4, -0.2) is 37.4 Å². The second-order valence-electron chi connectivity index (χ2n) is 4.19. The minimum Gasteiger partial charge on any atom is -0.367 e. The quantitative estimate of drug-likeness (QED) is 0.785. The fourth-order valence-electron chi connectivity index (χ4n) is 1.77. The lowest BCUT2D eigenvalue weighted by atomic mass is 9.93. The fraction of sp³-hybridized carbons (Fsp3) is 0.900. The van der Waals surface area contributed by atoms with Crippen LogP contribution in [0.3, 0.4) is 0 Å². The number of halogens is 3. The van der Waals surface area contributed by atoms with E-state index in [1.165, 1.54) is 0 Å². The van der Waals surface area contributed by atoms with E-state index in [0.717, 1.165) is 25.7 Å². The van der Waals surface area contributed by atoms with Gasteiger partial charge in [-0.1, -0.05) is 12.8 Å². The summed E-state index contributed by atoms with van der Waals surface area (Å²) in [6, 6.07) is -0.126. The van der Waals surface area contributed by atoms with Crippen LogP contribution in [0.25, 0.3) is 0 Å². The number of amides is 1. The monoisotopic (exact) mass is 254 g/mol. The first-order valence-electron chi connectivity index (χ1n) is 5.59.